The molecular weight excluding hydrogens is 410 g/mol. The lowest BCUT2D eigenvalue weighted by atomic mass is 10.1. The second-order valence-corrected chi connectivity index (χ2v) is 8.00. The summed E-state index contributed by atoms with van der Waals surface area (Å²) in [5.74, 6) is 2.22. The number of ether oxygens (including phenoxy) is 1. The molecule has 2 aliphatic rings. The van der Waals surface area contributed by atoms with E-state index in [0.29, 0.717) is 49.4 Å². The Balaban J connectivity index is 1.22. The smallest absolute Gasteiger partial charge is 0.308 e. The SMILES string of the molecule is CC(=O)Oc1ccccc1C(=O)N1CCN(c2ccc(-c3noc(C4CC4)n3)cn2)CC1. The number of esters is 1. The number of anilines is 1. The van der Waals surface area contributed by atoms with Gasteiger partial charge < -0.3 is 19.1 Å². The number of piperazine rings is 1. The molecule has 0 atom stereocenters. The minimum absolute atomic E-state index is 0.145. The van der Waals surface area contributed by atoms with Crippen molar-refractivity contribution in [3.8, 4) is 17.1 Å². The highest BCUT2D eigenvalue weighted by atomic mass is 16.5. The third kappa shape index (κ3) is 4.18. The van der Waals surface area contributed by atoms with E-state index in [-0.39, 0.29) is 11.7 Å². The monoisotopic (exact) mass is 433 g/mol. The number of para-hydroxylation sites is 1. The van der Waals surface area contributed by atoms with Crippen LogP contribution in [0.2, 0.25) is 0 Å². The molecule has 1 saturated heterocycles. The number of pyridine rings is 1. The van der Waals surface area contributed by atoms with Crippen LogP contribution in [0.25, 0.3) is 11.4 Å². The van der Waals surface area contributed by atoms with Gasteiger partial charge in [-0.1, -0.05) is 17.3 Å². The highest BCUT2D eigenvalue weighted by Gasteiger charge is 2.30. The Morgan fingerprint density at radius 1 is 1.06 bits per heavy atom. The molecule has 0 N–H and O–H groups in total. The number of rotatable bonds is 5. The Labute approximate surface area is 185 Å². The van der Waals surface area contributed by atoms with Crippen LogP contribution in [0.3, 0.4) is 0 Å². The molecule has 1 aliphatic carbocycles. The molecule has 2 fully saturated rings. The first-order valence-electron chi connectivity index (χ1n) is 10.7. The van der Waals surface area contributed by atoms with Crippen molar-refractivity contribution in [1.29, 1.82) is 0 Å². The van der Waals surface area contributed by atoms with Crippen LogP contribution in [0.15, 0.2) is 47.1 Å². The van der Waals surface area contributed by atoms with Crippen LogP contribution in [0.1, 0.15) is 41.9 Å². The summed E-state index contributed by atoms with van der Waals surface area (Å²) >= 11 is 0. The molecule has 0 bridgehead atoms. The zero-order chi connectivity index (χ0) is 22.1. The van der Waals surface area contributed by atoms with E-state index in [4.69, 9.17) is 9.26 Å². The molecule has 1 saturated carbocycles. The number of nitrogens with zero attached hydrogens (tertiary/aromatic N) is 5. The van der Waals surface area contributed by atoms with Crippen molar-refractivity contribution in [1.82, 2.24) is 20.0 Å². The van der Waals surface area contributed by atoms with Crippen LogP contribution in [-0.2, 0) is 4.79 Å². The largest absolute Gasteiger partial charge is 0.426 e. The van der Waals surface area contributed by atoms with Crippen molar-refractivity contribution in [2.24, 2.45) is 0 Å². The molecule has 5 rings (SSSR count). The van der Waals surface area contributed by atoms with Crippen LogP contribution in [0, 0.1) is 0 Å². The molecule has 9 nitrogen and oxygen atoms in total. The fraction of sp³-hybridized carbons (Fsp3) is 0.348. The van der Waals surface area contributed by atoms with Crippen molar-refractivity contribution >= 4 is 17.7 Å². The van der Waals surface area contributed by atoms with Crippen LogP contribution >= 0.6 is 0 Å². The third-order valence-electron chi connectivity index (χ3n) is 5.64. The van der Waals surface area contributed by atoms with E-state index in [1.54, 1.807) is 35.4 Å². The Morgan fingerprint density at radius 2 is 1.84 bits per heavy atom. The molecule has 164 valence electrons. The summed E-state index contributed by atoms with van der Waals surface area (Å²) in [5.41, 5.74) is 1.21. The third-order valence-corrected chi connectivity index (χ3v) is 5.64. The highest BCUT2D eigenvalue weighted by molar-refractivity contribution is 5.97. The summed E-state index contributed by atoms with van der Waals surface area (Å²) in [4.78, 5) is 37.3. The number of benzene rings is 1. The predicted molar refractivity (Wildman–Crippen MR) is 115 cm³/mol. The zero-order valence-corrected chi connectivity index (χ0v) is 17.7. The fourth-order valence-corrected chi connectivity index (χ4v) is 3.75. The van der Waals surface area contributed by atoms with Gasteiger partial charge in [-0.2, -0.15) is 4.98 Å². The summed E-state index contributed by atoms with van der Waals surface area (Å²) in [7, 11) is 0. The van der Waals surface area contributed by atoms with Gasteiger partial charge in [-0.05, 0) is 37.1 Å². The standard InChI is InChI=1S/C23H23N5O4/c1-15(29)31-19-5-3-2-4-18(19)23(30)28-12-10-27(11-13-28)20-9-8-17(14-24-20)21-25-22(32-26-21)16-6-7-16/h2-5,8-9,14,16H,6-7,10-13H2,1H3. The molecule has 32 heavy (non-hydrogen) atoms. The second-order valence-electron chi connectivity index (χ2n) is 8.00. The van der Waals surface area contributed by atoms with Gasteiger partial charge in [-0.15, -0.1) is 0 Å². The molecule has 3 heterocycles. The van der Waals surface area contributed by atoms with Crippen molar-refractivity contribution in [2.45, 2.75) is 25.7 Å². The van der Waals surface area contributed by atoms with Gasteiger partial charge >= 0.3 is 5.97 Å². The molecule has 1 amide bonds. The summed E-state index contributed by atoms with van der Waals surface area (Å²) in [6.45, 7) is 3.73. The van der Waals surface area contributed by atoms with E-state index in [1.807, 2.05) is 12.1 Å². The van der Waals surface area contributed by atoms with E-state index in [1.165, 1.54) is 6.92 Å². The number of aromatic nitrogens is 3. The topological polar surface area (TPSA) is 102 Å². The maximum absolute atomic E-state index is 13.0. The number of carbonyl (C=O) groups excluding carboxylic acids is 2. The summed E-state index contributed by atoms with van der Waals surface area (Å²) in [5, 5.41) is 4.06. The van der Waals surface area contributed by atoms with E-state index < -0.39 is 5.97 Å². The number of amides is 1. The van der Waals surface area contributed by atoms with Gasteiger partial charge in [0.15, 0.2) is 0 Å². The zero-order valence-electron chi connectivity index (χ0n) is 17.7. The first-order chi connectivity index (χ1) is 15.6. The van der Waals surface area contributed by atoms with Gasteiger partial charge in [0.2, 0.25) is 11.7 Å². The van der Waals surface area contributed by atoms with Crippen molar-refractivity contribution in [3.63, 3.8) is 0 Å². The molecule has 0 spiro atoms. The van der Waals surface area contributed by atoms with E-state index >= 15 is 0 Å². The van der Waals surface area contributed by atoms with Gasteiger partial charge in [0.05, 0.1) is 5.56 Å². The van der Waals surface area contributed by atoms with Gasteiger partial charge in [0.25, 0.3) is 5.91 Å². The molecule has 2 aromatic heterocycles. The van der Waals surface area contributed by atoms with Gasteiger partial charge in [0.1, 0.15) is 11.6 Å². The molecule has 3 aromatic rings. The van der Waals surface area contributed by atoms with E-state index in [2.05, 4.69) is 20.0 Å². The second kappa shape index (κ2) is 8.41. The average molecular weight is 433 g/mol. The number of hydrogen-bond acceptors (Lipinski definition) is 8. The normalized spacial score (nSPS) is 16.2. The maximum Gasteiger partial charge on any atom is 0.308 e. The van der Waals surface area contributed by atoms with Crippen LogP contribution in [0.4, 0.5) is 5.82 Å². The van der Waals surface area contributed by atoms with Crippen LogP contribution in [0.5, 0.6) is 5.75 Å². The van der Waals surface area contributed by atoms with Gasteiger partial charge in [-0.3, -0.25) is 9.59 Å². The molecule has 9 heteroatoms. The molecule has 0 radical (unpaired) electrons. The Hall–Kier alpha value is -3.75. The average Bonchev–Trinajstić information content (AvgIpc) is 3.55. The van der Waals surface area contributed by atoms with E-state index in [0.717, 1.165) is 24.2 Å². The van der Waals surface area contributed by atoms with Gasteiger partial charge in [0, 0.05) is 50.8 Å². The Kier molecular flexibility index (Phi) is 5.30. The summed E-state index contributed by atoms with van der Waals surface area (Å²) < 4.78 is 10.5. The first-order valence-corrected chi connectivity index (χ1v) is 10.7. The molecular formula is C23H23N5O4. The van der Waals surface area contributed by atoms with Gasteiger partial charge in [-0.25, -0.2) is 4.98 Å². The Morgan fingerprint density at radius 3 is 2.53 bits per heavy atom. The lowest BCUT2D eigenvalue weighted by Crippen LogP contribution is -2.49. The van der Waals surface area contributed by atoms with Crippen LogP contribution < -0.4 is 9.64 Å². The van der Waals surface area contributed by atoms with Crippen molar-refractivity contribution in [3.05, 3.63) is 54.0 Å². The quantitative estimate of drug-likeness (QED) is 0.447. The summed E-state index contributed by atoms with van der Waals surface area (Å²) in [6, 6.07) is 10.7. The minimum atomic E-state index is -0.450. The lowest BCUT2D eigenvalue weighted by molar-refractivity contribution is -0.131. The molecule has 1 aromatic carbocycles. The Bertz CT molecular complexity index is 1130. The lowest BCUT2D eigenvalue weighted by Gasteiger charge is -2.35. The minimum Gasteiger partial charge on any atom is -0.426 e. The first kappa shape index (κ1) is 20.2. The number of carbonyl (C=O) groups is 2. The predicted octanol–water partition coefficient (Wildman–Crippen LogP) is 2.90. The summed E-state index contributed by atoms with van der Waals surface area (Å²) in [6.07, 6.45) is 3.98. The fourth-order valence-electron chi connectivity index (χ4n) is 3.75. The maximum atomic E-state index is 13.0. The van der Waals surface area contributed by atoms with Crippen molar-refractivity contribution < 1.29 is 18.8 Å². The molecule has 0 unspecified atom stereocenters. The van der Waals surface area contributed by atoms with Crippen LogP contribution in [-0.4, -0.2) is 58.1 Å². The number of hydrogen-bond donors (Lipinski definition) is 0. The van der Waals surface area contributed by atoms with E-state index in [9.17, 15) is 9.59 Å². The molecule has 1 aliphatic heterocycles. The highest BCUT2D eigenvalue weighted by Crippen LogP contribution is 2.39. The van der Waals surface area contributed by atoms with Crippen molar-refractivity contribution in [2.75, 3.05) is 31.1 Å².